The van der Waals surface area contributed by atoms with Gasteiger partial charge < -0.3 is 9.64 Å². The quantitative estimate of drug-likeness (QED) is 0.559. The normalized spacial score (nSPS) is 15.4. The third-order valence-electron chi connectivity index (χ3n) is 5.14. The number of amides is 1. The third kappa shape index (κ3) is 5.53. The number of hydrogen-bond acceptors (Lipinski definition) is 6. The Bertz CT molecular complexity index is 1140. The van der Waals surface area contributed by atoms with Gasteiger partial charge in [-0.15, -0.1) is 11.3 Å². The third-order valence-corrected chi connectivity index (χ3v) is 5.89. The summed E-state index contributed by atoms with van der Waals surface area (Å²) < 4.78 is 42.6. The lowest BCUT2D eigenvalue weighted by Gasteiger charge is -2.34. The highest BCUT2D eigenvalue weighted by atomic mass is 32.1. The predicted molar refractivity (Wildman–Crippen MR) is 113 cm³/mol. The molecule has 1 saturated heterocycles. The minimum Gasteiger partial charge on any atom is -0.367 e. The van der Waals surface area contributed by atoms with Gasteiger partial charge >= 0.3 is 6.18 Å². The lowest BCUT2D eigenvalue weighted by Crippen LogP contribution is -2.48. The molecule has 1 aromatic carbocycles. The standard InChI is InChI=1S/C21H21F3N4O3S/c22-21(23,24)14-31-13-15-1-3-16(4-2-15)19(30)27-7-5-26(6-8-27)12-17-11-18(29)28-9-10-32-20(28)25-17/h1-4,9-11H,5-8,12-14H2. The first kappa shape index (κ1) is 22.4. The van der Waals surface area contributed by atoms with E-state index in [0.29, 0.717) is 54.5 Å². The topological polar surface area (TPSA) is 67.2 Å². The highest BCUT2D eigenvalue weighted by molar-refractivity contribution is 7.15. The summed E-state index contributed by atoms with van der Waals surface area (Å²) in [6, 6.07) is 7.95. The van der Waals surface area contributed by atoms with E-state index in [2.05, 4.69) is 14.6 Å². The minimum atomic E-state index is -4.36. The molecule has 0 spiro atoms. The van der Waals surface area contributed by atoms with Gasteiger partial charge in [0, 0.05) is 55.9 Å². The first-order valence-corrected chi connectivity index (χ1v) is 10.9. The lowest BCUT2D eigenvalue weighted by molar-refractivity contribution is -0.176. The van der Waals surface area contributed by atoms with E-state index in [9.17, 15) is 22.8 Å². The molecule has 3 heterocycles. The summed E-state index contributed by atoms with van der Waals surface area (Å²) in [7, 11) is 0. The van der Waals surface area contributed by atoms with Gasteiger partial charge in [-0.3, -0.25) is 18.9 Å². The van der Waals surface area contributed by atoms with Crippen LogP contribution in [0.15, 0.2) is 46.7 Å². The number of rotatable bonds is 6. The van der Waals surface area contributed by atoms with Crippen molar-refractivity contribution in [1.82, 2.24) is 19.2 Å². The van der Waals surface area contributed by atoms with Crippen molar-refractivity contribution < 1.29 is 22.7 Å². The average Bonchev–Trinajstić information content (AvgIpc) is 3.23. The maximum Gasteiger partial charge on any atom is 0.411 e. The number of benzene rings is 1. The summed E-state index contributed by atoms with van der Waals surface area (Å²) in [5, 5.41) is 1.82. The van der Waals surface area contributed by atoms with E-state index in [1.165, 1.54) is 21.8 Å². The van der Waals surface area contributed by atoms with Crippen LogP contribution in [0, 0.1) is 0 Å². The monoisotopic (exact) mass is 466 g/mol. The summed E-state index contributed by atoms with van der Waals surface area (Å²) in [5.41, 5.74) is 1.66. The van der Waals surface area contributed by atoms with E-state index in [-0.39, 0.29) is 18.1 Å². The van der Waals surface area contributed by atoms with Crippen molar-refractivity contribution >= 4 is 22.2 Å². The van der Waals surface area contributed by atoms with Crippen LogP contribution < -0.4 is 5.56 Å². The number of fused-ring (bicyclic) bond motifs is 1. The minimum absolute atomic E-state index is 0.104. The van der Waals surface area contributed by atoms with Crippen LogP contribution in [-0.4, -0.2) is 64.1 Å². The molecule has 7 nitrogen and oxygen atoms in total. The number of nitrogens with zero attached hydrogens (tertiary/aromatic N) is 4. The summed E-state index contributed by atoms with van der Waals surface area (Å²) in [6.07, 6.45) is -2.66. The number of thiazole rings is 1. The Morgan fingerprint density at radius 2 is 1.84 bits per heavy atom. The molecule has 2 aromatic heterocycles. The Kier molecular flexibility index (Phi) is 6.58. The van der Waals surface area contributed by atoms with Crippen LogP contribution >= 0.6 is 11.3 Å². The van der Waals surface area contributed by atoms with Crippen LogP contribution in [0.25, 0.3) is 4.96 Å². The number of alkyl halides is 3. The lowest BCUT2D eigenvalue weighted by atomic mass is 10.1. The van der Waals surface area contributed by atoms with E-state index in [1.807, 2.05) is 5.38 Å². The van der Waals surface area contributed by atoms with Gasteiger partial charge in [0.25, 0.3) is 11.5 Å². The van der Waals surface area contributed by atoms with Gasteiger partial charge in [-0.1, -0.05) is 12.1 Å². The molecule has 4 rings (SSSR count). The van der Waals surface area contributed by atoms with Crippen LogP contribution in [0.5, 0.6) is 0 Å². The fraction of sp³-hybridized carbons (Fsp3) is 0.381. The van der Waals surface area contributed by atoms with Crippen LogP contribution in [0.1, 0.15) is 21.6 Å². The molecule has 0 bridgehead atoms. The highest BCUT2D eigenvalue weighted by Crippen LogP contribution is 2.17. The van der Waals surface area contributed by atoms with Crippen molar-refractivity contribution in [2.45, 2.75) is 19.3 Å². The highest BCUT2D eigenvalue weighted by Gasteiger charge is 2.27. The fourth-order valence-electron chi connectivity index (χ4n) is 3.52. The van der Waals surface area contributed by atoms with Gasteiger partial charge in [0.1, 0.15) is 6.61 Å². The maximum atomic E-state index is 12.8. The molecule has 3 aromatic rings. The Hall–Kier alpha value is -2.76. The number of aromatic nitrogens is 2. The molecule has 0 aliphatic carbocycles. The molecule has 0 saturated carbocycles. The van der Waals surface area contributed by atoms with Crippen molar-refractivity contribution in [1.29, 1.82) is 0 Å². The molecule has 1 amide bonds. The Morgan fingerprint density at radius 1 is 1.12 bits per heavy atom. The van der Waals surface area contributed by atoms with Crippen LogP contribution in [0.2, 0.25) is 0 Å². The molecule has 0 radical (unpaired) electrons. The number of piperazine rings is 1. The van der Waals surface area contributed by atoms with Crippen LogP contribution in [0.3, 0.4) is 0 Å². The van der Waals surface area contributed by atoms with Crippen molar-refractivity contribution in [3.05, 3.63) is 69.1 Å². The number of carbonyl (C=O) groups excluding carboxylic acids is 1. The molecule has 32 heavy (non-hydrogen) atoms. The van der Waals surface area contributed by atoms with Gasteiger partial charge in [0.05, 0.1) is 12.3 Å². The molecule has 0 N–H and O–H groups in total. The van der Waals surface area contributed by atoms with E-state index in [4.69, 9.17) is 0 Å². The zero-order valence-electron chi connectivity index (χ0n) is 17.0. The first-order chi connectivity index (χ1) is 15.3. The van der Waals surface area contributed by atoms with Crippen molar-refractivity contribution in [2.24, 2.45) is 0 Å². The molecule has 11 heteroatoms. The van der Waals surface area contributed by atoms with Gasteiger partial charge in [-0.05, 0) is 17.7 Å². The van der Waals surface area contributed by atoms with E-state index in [0.717, 1.165) is 0 Å². The Morgan fingerprint density at radius 3 is 2.53 bits per heavy atom. The van der Waals surface area contributed by atoms with Crippen LogP contribution in [-0.2, 0) is 17.9 Å². The van der Waals surface area contributed by atoms with E-state index in [1.54, 1.807) is 35.4 Å². The van der Waals surface area contributed by atoms with Crippen molar-refractivity contribution in [3.63, 3.8) is 0 Å². The molecule has 1 aliphatic rings. The first-order valence-electron chi connectivity index (χ1n) is 9.99. The van der Waals surface area contributed by atoms with Crippen molar-refractivity contribution in [3.8, 4) is 0 Å². The molecule has 1 fully saturated rings. The number of hydrogen-bond donors (Lipinski definition) is 0. The summed E-state index contributed by atoms with van der Waals surface area (Å²) in [6.45, 7) is 1.45. The summed E-state index contributed by atoms with van der Waals surface area (Å²) >= 11 is 1.41. The Balaban J connectivity index is 1.28. The summed E-state index contributed by atoms with van der Waals surface area (Å²) in [4.78, 5) is 34.0. The van der Waals surface area contributed by atoms with Gasteiger partial charge in [-0.25, -0.2) is 4.98 Å². The maximum absolute atomic E-state index is 12.8. The molecule has 1 aliphatic heterocycles. The fourth-order valence-corrected chi connectivity index (χ4v) is 4.26. The molecule has 0 unspecified atom stereocenters. The van der Waals surface area contributed by atoms with E-state index < -0.39 is 12.8 Å². The smallest absolute Gasteiger partial charge is 0.367 e. The second-order valence-electron chi connectivity index (χ2n) is 7.51. The van der Waals surface area contributed by atoms with Gasteiger partial charge in [-0.2, -0.15) is 13.2 Å². The summed E-state index contributed by atoms with van der Waals surface area (Å²) in [5.74, 6) is -0.121. The zero-order chi connectivity index (χ0) is 22.7. The Labute approximate surface area is 185 Å². The van der Waals surface area contributed by atoms with Crippen molar-refractivity contribution in [2.75, 3.05) is 32.8 Å². The van der Waals surface area contributed by atoms with E-state index >= 15 is 0 Å². The predicted octanol–water partition coefficient (Wildman–Crippen LogP) is 2.79. The number of ether oxygens (including phenoxy) is 1. The van der Waals surface area contributed by atoms with Gasteiger partial charge in [0.2, 0.25) is 0 Å². The largest absolute Gasteiger partial charge is 0.411 e. The van der Waals surface area contributed by atoms with Gasteiger partial charge in [0.15, 0.2) is 4.96 Å². The number of halogens is 3. The number of carbonyl (C=O) groups is 1. The molecule has 170 valence electrons. The van der Waals surface area contributed by atoms with Crippen LogP contribution in [0.4, 0.5) is 13.2 Å². The molecular weight excluding hydrogens is 445 g/mol. The molecule has 0 atom stereocenters. The zero-order valence-corrected chi connectivity index (χ0v) is 17.9. The SMILES string of the molecule is O=C(c1ccc(COCC(F)(F)F)cc1)N1CCN(Cc2cc(=O)n3ccsc3n2)CC1. The second kappa shape index (κ2) is 9.39. The molecular formula is C21H21F3N4O3S. The average molecular weight is 466 g/mol. The second-order valence-corrected chi connectivity index (χ2v) is 8.39.